The molecule has 2 aromatic rings. The van der Waals surface area contributed by atoms with Gasteiger partial charge < -0.3 is 15.1 Å². The van der Waals surface area contributed by atoms with Crippen molar-refractivity contribution in [2.75, 3.05) is 0 Å². The van der Waals surface area contributed by atoms with E-state index in [2.05, 4.69) is 15.6 Å². The fraction of sp³-hybridized carbons (Fsp3) is 0.375. The predicted molar refractivity (Wildman–Crippen MR) is 82.8 cm³/mol. The monoisotopic (exact) mass is 317 g/mol. The van der Waals surface area contributed by atoms with E-state index in [9.17, 15) is 4.79 Å². The molecule has 0 saturated carbocycles. The Morgan fingerprint density at radius 2 is 2.27 bits per heavy atom. The Morgan fingerprint density at radius 1 is 1.36 bits per heavy atom. The van der Waals surface area contributed by atoms with Crippen LogP contribution in [-0.4, -0.2) is 29.0 Å². The summed E-state index contributed by atoms with van der Waals surface area (Å²) in [6.45, 7) is 0. The average Bonchev–Trinajstić information content (AvgIpc) is 3.24. The van der Waals surface area contributed by atoms with Gasteiger partial charge in [-0.05, 0) is 37.5 Å². The van der Waals surface area contributed by atoms with Crippen LogP contribution >= 0.6 is 11.6 Å². The first kappa shape index (κ1) is 13.8. The summed E-state index contributed by atoms with van der Waals surface area (Å²) in [7, 11) is 0. The lowest BCUT2D eigenvalue weighted by Gasteiger charge is -2.20. The van der Waals surface area contributed by atoms with Gasteiger partial charge in [0.2, 0.25) is 0 Å². The van der Waals surface area contributed by atoms with E-state index in [1.807, 2.05) is 0 Å². The van der Waals surface area contributed by atoms with E-state index in [0.29, 0.717) is 28.6 Å². The van der Waals surface area contributed by atoms with Crippen LogP contribution in [0.25, 0.3) is 11.3 Å². The van der Waals surface area contributed by atoms with Crippen LogP contribution in [0, 0.1) is 0 Å². The lowest BCUT2D eigenvalue weighted by atomic mass is 9.95. The van der Waals surface area contributed by atoms with E-state index < -0.39 is 0 Å². The zero-order valence-electron chi connectivity index (χ0n) is 11.9. The maximum absolute atomic E-state index is 12.3. The van der Waals surface area contributed by atoms with Crippen molar-refractivity contribution in [3.63, 3.8) is 0 Å². The summed E-state index contributed by atoms with van der Waals surface area (Å²) in [6, 6.07) is 6.36. The van der Waals surface area contributed by atoms with Crippen molar-refractivity contribution >= 4 is 17.5 Å². The molecule has 22 heavy (non-hydrogen) atoms. The molecule has 0 aromatic carbocycles. The maximum Gasteiger partial charge on any atom is 0.287 e. The van der Waals surface area contributed by atoms with E-state index in [1.54, 1.807) is 30.6 Å². The minimum atomic E-state index is -0.171. The molecule has 2 aliphatic heterocycles. The molecule has 3 unspecified atom stereocenters. The lowest BCUT2D eigenvalue weighted by Crippen LogP contribution is -2.42. The van der Waals surface area contributed by atoms with Crippen molar-refractivity contribution in [1.29, 1.82) is 0 Å². The molecule has 3 atom stereocenters. The van der Waals surface area contributed by atoms with Gasteiger partial charge in [0, 0.05) is 36.1 Å². The highest BCUT2D eigenvalue weighted by Crippen LogP contribution is 2.30. The smallest absolute Gasteiger partial charge is 0.287 e. The zero-order valence-corrected chi connectivity index (χ0v) is 12.6. The maximum atomic E-state index is 12.3. The molecule has 2 saturated heterocycles. The third kappa shape index (κ3) is 2.40. The van der Waals surface area contributed by atoms with E-state index in [4.69, 9.17) is 16.0 Å². The van der Waals surface area contributed by atoms with E-state index >= 15 is 0 Å². The summed E-state index contributed by atoms with van der Waals surface area (Å²) in [4.78, 5) is 16.3. The number of carbonyl (C=O) groups excluding carboxylic acids is 1. The second-order valence-electron chi connectivity index (χ2n) is 5.88. The number of nitrogens with zero attached hydrogens (tertiary/aromatic N) is 1. The van der Waals surface area contributed by atoms with Crippen molar-refractivity contribution in [3.05, 3.63) is 41.4 Å². The fourth-order valence-corrected chi connectivity index (χ4v) is 3.62. The summed E-state index contributed by atoms with van der Waals surface area (Å²) in [5.41, 5.74) is 0.734. The molecule has 0 spiro atoms. The van der Waals surface area contributed by atoms with Gasteiger partial charge >= 0.3 is 0 Å². The number of hydrogen-bond donors (Lipinski definition) is 2. The molecule has 0 radical (unpaired) electrons. The standard InChI is InChI=1S/C16H16ClN3O2/c17-11-8-18-6-5-10(11)14-3-4-15(22-14)16(21)20-13-7-9-1-2-12(13)19-9/h3-6,8-9,12-13,19H,1-2,7H2,(H,20,21). The molecule has 2 bridgehead atoms. The molecule has 114 valence electrons. The Morgan fingerprint density at radius 3 is 3.00 bits per heavy atom. The number of halogens is 1. The topological polar surface area (TPSA) is 67.2 Å². The Balaban J connectivity index is 1.49. The first-order chi connectivity index (χ1) is 10.7. The van der Waals surface area contributed by atoms with Gasteiger partial charge in [0.25, 0.3) is 5.91 Å². The number of carbonyl (C=O) groups is 1. The van der Waals surface area contributed by atoms with Crippen molar-refractivity contribution in [3.8, 4) is 11.3 Å². The Kier molecular flexibility index (Phi) is 3.39. The van der Waals surface area contributed by atoms with Crippen LogP contribution in [0.2, 0.25) is 5.02 Å². The van der Waals surface area contributed by atoms with Crippen LogP contribution in [0.3, 0.4) is 0 Å². The van der Waals surface area contributed by atoms with Gasteiger partial charge in [-0.1, -0.05) is 11.6 Å². The van der Waals surface area contributed by atoms with Crippen molar-refractivity contribution < 1.29 is 9.21 Å². The summed E-state index contributed by atoms with van der Waals surface area (Å²) in [6.07, 6.45) is 6.54. The van der Waals surface area contributed by atoms with Crippen LogP contribution in [-0.2, 0) is 0 Å². The number of pyridine rings is 1. The highest BCUT2D eigenvalue weighted by molar-refractivity contribution is 6.33. The summed E-state index contributed by atoms with van der Waals surface area (Å²) in [5, 5.41) is 7.07. The van der Waals surface area contributed by atoms with Crippen LogP contribution in [0.1, 0.15) is 29.8 Å². The van der Waals surface area contributed by atoms with Gasteiger partial charge in [-0.2, -0.15) is 0 Å². The molecule has 0 aliphatic carbocycles. The van der Waals surface area contributed by atoms with Gasteiger partial charge in [0.1, 0.15) is 5.76 Å². The van der Waals surface area contributed by atoms with Crippen molar-refractivity contribution in [2.45, 2.75) is 37.4 Å². The predicted octanol–water partition coefficient (Wildman–Crippen LogP) is 2.62. The number of nitrogens with one attached hydrogen (secondary N) is 2. The number of amides is 1. The van der Waals surface area contributed by atoms with Crippen LogP contribution < -0.4 is 10.6 Å². The van der Waals surface area contributed by atoms with Crippen LogP contribution in [0.15, 0.2) is 35.0 Å². The zero-order chi connectivity index (χ0) is 15.1. The Hall–Kier alpha value is -1.85. The van der Waals surface area contributed by atoms with Crippen LogP contribution in [0.4, 0.5) is 0 Å². The lowest BCUT2D eigenvalue weighted by molar-refractivity contribution is 0.0903. The Bertz CT molecular complexity index is 715. The molecule has 2 fully saturated rings. The SMILES string of the molecule is O=C(NC1CC2CCC1N2)c1ccc(-c2ccncc2Cl)o1. The summed E-state index contributed by atoms with van der Waals surface area (Å²) < 4.78 is 5.66. The number of rotatable bonds is 3. The molecule has 4 heterocycles. The van der Waals surface area contributed by atoms with E-state index in [-0.39, 0.29) is 11.9 Å². The van der Waals surface area contributed by atoms with Gasteiger partial charge in [-0.25, -0.2) is 0 Å². The molecular formula is C16H16ClN3O2. The third-order valence-corrected chi connectivity index (χ3v) is 4.79. The van der Waals surface area contributed by atoms with E-state index in [0.717, 1.165) is 18.4 Å². The number of aromatic nitrogens is 1. The molecule has 2 aromatic heterocycles. The van der Waals surface area contributed by atoms with Gasteiger partial charge in [-0.3, -0.25) is 9.78 Å². The molecule has 6 heteroatoms. The fourth-order valence-electron chi connectivity index (χ4n) is 3.40. The molecular weight excluding hydrogens is 302 g/mol. The molecule has 4 rings (SSSR count). The second-order valence-corrected chi connectivity index (χ2v) is 6.29. The highest BCUT2D eigenvalue weighted by atomic mass is 35.5. The van der Waals surface area contributed by atoms with Crippen LogP contribution in [0.5, 0.6) is 0 Å². The number of furan rings is 1. The van der Waals surface area contributed by atoms with E-state index in [1.165, 1.54) is 6.42 Å². The second kappa shape index (κ2) is 5.41. The number of fused-ring (bicyclic) bond motifs is 2. The molecule has 5 nitrogen and oxygen atoms in total. The summed E-state index contributed by atoms with van der Waals surface area (Å²) in [5.74, 6) is 0.713. The normalized spacial score (nSPS) is 26.3. The third-order valence-electron chi connectivity index (χ3n) is 4.48. The van der Waals surface area contributed by atoms with Gasteiger partial charge in [0.05, 0.1) is 5.02 Å². The first-order valence-corrected chi connectivity index (χ1v) is 7.85. The van der Waals surface area contributed by atoms with Gasteiger partial charge in [-0.15, -0.1) is 0 Å². The molecule has 2 aliphatic rings. The highest BCUT2D eigenvalue weighted by Gasteiger charge is 2.39. The quantitative estimate of drug-likeness (QED) is 0.913. The molecule has 2 N–H and O–H groups in total. The first-order valence-electron chi connectivity index (χ1n) is 7.47. The minimum Gasteiger partial charge on any atom is -0.451 e. The summed E-state index contributed by atoms with van der Waals surface area (Å²) >= 11 is 6.10. The van der Waals surface area contributed by atoms with Gasteiger partial charge in [0.15, 0.2) is 5.76 Å². The average molecular weight is 318 g/mol. The van der Waals surface area contributed by atoms with Crippen molar-refractivity contribution in [2.24, 2.45) is 0 Å². The van der Waals surface area contributed by atoms with Crippen molar-refractivity contribution in [1.82, 2.24) is 15.6 Å². The molecule has 1 amide bonds. The number of hydrogen-bond acceptors (Lipinski definition) is 4. The minimum absolute atomic E-state index is 0.171. The Labute approximate surface area is 133 Å². The largest absolute Gasteiger partial charge is 0.451 e.